The molecule has 4 nitrogen and oxygen atoms in total. The van der Waals surface area contributed by atoms with Crippen molar-refractivity contribution in [3.8, 4) is 0 Å². The maximum Gasteiger partial charge on any atom is 0.185 e. The highest BCUT2D eigenvalue weighted by Gasteiger charge is 2.23. The zero-order valence-electron chi connectivity index (χ0n) is 12.5. The lowest BCUT2D eigenvalue weighted by Gasteiger charge is -2.37. The Bertz CT molecular complexity index is 400. The van der Waals surface area contributed by atoms with Crippen molar-refractivity contribution in [1.29, 1.82) is 0 Å². The Labute approximate surface area is 120 Å². The Balaban J connectivity index is 1.89. The zero-order valence-corrected chi connectivity index (χ0v) is 13.3. The minimum atomic E-state index is -0.103. The number of aromatic nitrogens is 1. The van der Waals surface area contributed by atoms with Crippen LogP contribution in [0.2, 0.25) is 0 Å². The minimum Gasteiger partial charge on any atom is -0.346 e. The molecule has 0 bridgehead atoms. The first-order valence-corrected chi connectivity index (χ1v) is 7.95. The van der Waals surface area contributed by atoms with Crippen molar-refractivity contribution in [1.82, 2.24) is 9.88 Å². The van der Waals surface area contributed by atoms with Gasteiger partial charge in [0.15, 0.2) is 5.13 Å². The molecule has 1 aliphatic rings. The van der Waals surface area contributed by atoms with Crippen LogP contribution in [-0.2, 0) is 0 Å². The van der Waals surface area contributed by atoms with E-state index in [1.165, 1.54) is 10.8 Å². The summed E-state index contributed by atoms with van der Waals surface area (Å²) in [5.74, 6) is 0.518. The molecule has 108 valence electrons. The molecule has 0 amide bonds. The van der Waals surface area contributed by atoms with Gasteiger partial charge in [0.2, 0.25) is 0 Å². The second-order valence-corrected chi connectivity index (χ2v) is 7.30. The number of rotatable bonds is 4. The molecule has 0 radical (unpaired) electrons. The Kier molecular flexibility index (Phi) is 4.48. The van der Waals surface area contributed by atoms with Gasteiger partial charge in [0.1, 0.15) is 0 Å². The molecule has 19 heavy (non-hydrogen) atoms. The van der Waals surface area contributed by atoms with Gasteiger partial charge in [0, 0.05) is 43.6 Å². The van der Waals surface area contributed by atoms with Crippen molar-refractivity contribution in [3.05, 3.63) is 11.1 Å². The molecule has 0 unspecified atom stereocenters. The molecule has 0 saturated carbocycles. The van der Waals surface area contributed by atoms with Crippen LogP contribution >= 0.6 is 11.3 Å². The van der Waals surface area contributed by atoms with E-state index >= 15 is 0 Å². The quantitative estimate of drug-likeness (QED) is 0.919. The summed E-state index contributed by atoms with van der Waals surface area (Å²) in [7, 11) is 0. The summed E-state index contributed by atoms with van der Waals surface area (Å²) in [6.07, 6.45) is 0. The largest absolute Gasteiger partial charge is 0.346 e. The van der Waals surface area contributed by atoms with Gasteiger partial charge < -0.3 is 10.6 Å². The topological polar surface area (TPSA) is 45.4 Å². The van der Waals surface area contributed by atoms with E-state index in [-0.39, 0.29) is 5.54 Å². The average Bonchev–Trinajstić information content (AvgIpc) is 2.77. The Hall–Kier alpha value is -0.650. The van der Waals surface area contributed by atoms with Gasteiger partial charge in [-0.15, -0.1) is 11.3 Å². The number of nitrogens with zero attached hydrogens (tertiary/aromatic N) is 3. The van der Waals surface area contributed by atoms with Crippen molar-refractivity contribution in [2.24, 2.45) is 5.73 Å². The van der Waals surface area contributed by atoms with Gasteiger partial charge in [-0.05, 0) is 19.8 Å². The third-order valence-electron chi connectivity index (χ3n) is 3.38. The van der Waals surface area contributed by atoms with Gasteiger partial charge in [-0.3, -0.25) is 4.90 Å². The fourth-order valence-corrected chi connectivity index (χ4v) is 3.40. The van der Waals surface area contributed by atoms with Gasteiger partial charge >= 0.3 is 0 Å². The number of hydrogen-bond acceptors (Lipinski definition) is 5. The standard InChI is InChI=1S/C14H26N4S/c1-11(2)12-9-19-13(16-12)18-7-5-17(6-8-18)10-14(3,4)15/h9,11H,5-8,10,15H2,1-4H3. The smallest absolute Gasteiger partial charge is 0.185 e. The number of piperazine rings is 1. The molecule has 5 heteroatoms. The summed E-state index contributed by atoms with van der Waals surface area (Å²) in [4.78, 5) is 9.59. The molecule has 2 N–H and O–H groups in total. The molecule has 0 aromatic carbocycles. The van der Waals surface area contributed by atoms with Crippen LogP contribution in [-0.4, -0.2) is 48.1 Å². The predicted molar refractivity (Wildman–Crippen MR) is 83.1 cm³/mol. The van der Waals surface area contributed by atoms with Crippen LogP contribution < -0.4 is 10.6 Å². The van der Waals surface area contributed by atoms with E-state index in [0.29, 0.717) is 5.92 Å². The Morgan fingerprint density at radius 3 is 2.42 bits per heavy atom. The summed E-state index contributed by atoms with van der Waals surface area (Å²) < 4.78 is 0. The SMILES string of the molecule is CC(C)c1csc(N2CCN(CC(C)(C)N)CC2)n1. The predicted octanol–water partition coefficient (Wildman–Crippen LogP) is 2.13. The van der Waals surface area contributed by atoms with Crippen molar-refractivity contribution in [2.75, 3.05) is 37.6 Å². The maximum absolute atomic E-state index is 6.08. The van der Waals surface area contributed by atoms with E-state index in [4.69, 9.17) is 10.7 Å². The molecule has 0 spiro atoms. The van der Waals surface area contributed by atoms with E-state index in [1.54, 1.807) is 11.3 Å². The van der Waals surface area contributed by atoms with Crippen LogP contribution in [0.1, 0.15) is 39.3 Å². The van der Waals surface area contributed by atoms with Crippen LogP contribution in [0, 0.1) is 0 Å². The normalized spacial score (nSPS) is 18.3. The molecule has 0 aliphatic carbocycles. The van der Waals surface area contributed by atoms with Gasteiger partial charge in [-0.2, -0.15) is 0 Å². The number of thiazole rings is 1. The van der Waals surface area contributed by atoms with Gasteiger partial charge in [0.25, 0.3) is 0 Å². The summed E-state index contributed by atoms with van der Waals surface area (Å²) >= 11 is 1.77. The molecule has 1 aromatic heterocycles. The lowest BCUT2D eigenvalue weighted by atomic mass is 10.1. The summed E-state index contributed by atoms with van der Waals surface area (Å²) in [5.41, 5.74) is 7.19. The van der Waals surface area contributed by atoms with Gasteiger partial charge in [-0.1, -0.05) is 13.8 Å². The highest BCUT2D eigenvalue weighted by atomic mass is 32.1. The molecular formula is C14H26N4S. The lowest BCUT2D eigenvalue weighted by Crippen LogP contribution is -2.53. The van der Waals surface area contributed by atoms with Crippen LogP contribution in [0.25, 0.3) is 0 Å². The fraction of sp³-hybridized carbons (Fsp3) is 0.786. The Morgan fingerprint density at radius 1 is 1.32 bits per heavy atom. The van der Waals surface area contributed by atoms with E-state index in [1.807, 2.05) is 0 Å². The molecule has 0 atom stereocenters. The number of nitrogens with two attached hydrogens (primary N) is 1. The van der Waals surface area contributed by atoms with Crippen LogP contribution in [0.3, 0.4) is 0 Å². The van der Waals surface area contributed by atoms with Crippen molar-refractivity contribution in [3.63, 3.8) is 0 Å². The molecule has 2 heterocycles. The Morgan fingerprint density at radius 2 is 1.95 bits per heavy atom. The van der Waals surface area contributed by atoms with E-state index in [9.17, 15) is 0 Å². The fourth-order valence-electron chi connectivity index (χ4n) is 2.36. The average molecular weight is 282 g/mol. The highest BCUT2D eigenvalue weighted by molar-refractivity contribution is 7.13. The maximum atomic E-state index is 6.08. The minimum absolute atomic E-state index is 0.103. The summed E-state index contributed by atoms with van der Waals surface area (Å²) in [5, 5.41) is 3.37. The molecular weight excluding hydrogens is 256 g/mol. The summed E-state index contributed by atoms with van der Waals surface area (Å²) in [6, 6.07) is 0. The van der Waals surface area contributed by atoms with E-state index < -0.39 is 0 Å². The number of anilines is 1. The first-order chi connectivity index (χ1) is 8.85. The second kappa shape index (κ2) is 5.77. The molecule has 1 aromatic rings. The molecule has 2 rings (SSSR count). The first-order valence-electron chi connectivity index (χ1n) is 7.07. The third-order valence-corrected chi connectivity index (χ3v) is 4.29. The van der Waals surface area contributed by atoms with Crippen molar-refractivity contribution < 1.29 is 0 Å². The van der Waals surface area contributed by atoms with Crippen LogP contribution in [0.5, 0.6) is 0 Å². The zero-order chi connectivity index (χ0) is 14.0. The van der Waals surface area contributed by atoms with Gasteiger partial charge in [-0.25, -0.2) is 4.98 Å². The van der Waals surface area contributed by atoms with E-state index in [2.05, 4.69) is 42.9 Å². The van der Waals surface area contributed by atoms with Crippen molar-refractivity contribution >= 4 is 16.5 Å². The molecule has 1 fully saturated rings. The van der Waals surface area contributed by atoms with E-state index in [0.717, 1.165) is 32.7 Å². The van der Waals surface area contributed by atoms with Crippen LogP contribution in [0.15, 0.2) is 5.38 Å². The summed E-state index contributed by atoms with van der Waals surface area (Å²) in [6.45, 7) is 13.8. The van der Waals surface area contributed by atoms with Crippen molar-refractivity contribution in [2.45, 2.75) is 39.2 Å². The highest BCUT2D eigenvalue weighted by Crippen LogP contribution is 2.25. The first kappa shape index (κ1) is 14.8. The third kappa shape index (κ3) is 4.16. The number of hydrogen-bond donors (Lipinski definition) is 1. The molecule has 1 aliphatic heterocycles. The molecule has 1 saturated heterocycles. The lowest BCUT2D eigenvalue weighted by molar-refractivity contribution is 0.214. The second-order valence-electron chi connectivity index (χ2n) is 6.46. The van der Waals surface area contributed by atoms with Gasteiger partial charge in [0.05, 0.1) is 5.69 Å². The monoisotopic (exact) mass is 282 g/mol. The van der Waals surface area contributed by atoms with Crippen LogP contribution in [0.4, 0.5) is 5.13 Å².